The fraction of sp³-hybridized carbons (Fsp3) is 0.684. The van der Waals surface area contributed by atoms with E-state index in [4.69, 9.17) is 0 Å². The molecule has 0 N–H and O–H groups in total. The van der Waals surface area contributed by atoms with Crippen molar-refractivity contribution >= 4 is 0 Å². The van der Waals surface area contributed by atoms with Gasteiger partial charge in [0.2, 0.25) is 0 Å². The Labute approximate surface area is 129 Å². The van der Waals surface area contributed by atoms with E-state index in [1.807, 2.05) is 0 Å². The first-order chi connectivity index (χ1) is 10.3. The lowest BCUT2D eigenvalue weighted by molar-refractivity contribution is 0.0351. The Hall–Kier alpha value is -0.860. The maximum absolute atomic E-state index is 2.83. The van der Waals surface area contributed by atoms with Gasteiger partial charge in [0.05, 0.1) is 0 Å². The molecule has 2 heterocycles. The molecule has 3 fully saturated rings. The molecule has 0 amide bonds. The molecule has 0 bridgehead atoms. The van der Waals surface area contributed by atoms with Crippen LogP contribution in [-0.2, 0) is 0 Å². The highest BCUT2D eigenvalue weighted by Crippen LogP contribution is 2.50. The number of hydrogen-bond donors (Lipinski definition) is 0. The minimum Gasteiger partial charge on any atom is -0.297 e. The van der Waals surface area contributed by atoms with Crippen LogP contribution in [0.25, 0.3) is 0 Å². The highest BCUT2D eigenvalue weighted by molar-refractivity contribution is 5.21. The van der Waals surface area contributed by atoms with E-state index >= 15 is 0 Å². The second kappa shape index (κ2) is 5.40. The van der Waals surface area contributed by atoms with Crippen molar-refractivity contribution in [1.82, 2.24) is 9.80 Å². The molecule has 114 valence electrons. The number of hydrogen-bond acceptors (Lipinski definition) is 2. The molecule has 1 aliphatic carbocycles. The fourth-order valence-corrected chi connectivity index (χ4v) is 4.48. The quantitative estimate of drug-likeness (QED) is 0.832. The van der Waals surface area contributed by atoms with Crippen molar-refractivity contribution in [3.8, 4) is 0 Å². The van der Waals surface area contributed by atoms with E-state index in [9.17, 15) is 0 Å². The zero-order valence-corrected chi connectivity index (χ0v) is 13.3. The van der Waals surface area contributed by atoms with Crippen molar-refractivity contribution in [3.05, 3.63) is 35.9 Å². The first kappa shape index (κ1) is 13.8. The lowest BCUT2D eigenvalue weighted by atomic mass is 9.95. The highest BCUT2D eigenvalue weighted by Gasteiger charge is 2.45. The molecule has 0 aromatic heterocycles. The van der Waals surface area contributed by atoms with Crippen LogP contribution in [0.3, 0.4) is 0 Å². The highest BCUT2D eigenvalue weighted by atomic mass is 15.3. The van der Waals surface area contributed by atoms with Crippen LogP contribution >= 0.6 is 0 Å². The summed E-state index contributed by atoms with van der Waals surface area (Å²) in [5.74, 6) is 0. The standard InChI is InChI=1S/C19H28N2/c1-2-19(10-11-19)15-21-13-17-9-6-12-20(17)14-18(21)16-7-4-3-5-8-16/h3-5,7-8,17-18H,2,6,9-15H2,1H3. The number of nitrogens with zero attached hydrogens (tertiary/aromatic N) is 2. The maximum atomic E-state index is 2.83. The van der Waals surface area contributed by atoms with Crippen LogP contribution in [-0.4, -0.2) is 42.0 Å². The largest absolute Gasteiger partial charge is 0.297 e. The molecular formula is C19H28N2. The molecule has 1 aromatic rings. The SMILES string of the molecule is CCC1(CN2CC3CCCN3CC2c2ccccc2)CC1. The predicted molar refractivity (Wildman–Crippen MR) is 87.3 cm³/mol. The van der Waals surface area contributed by atoms with Gasteiger partial charge in [-0.2, -0.15) is 0 Å². The maximum Gasteiger partial charge on any atom is 0.0476 e. The first-order valence-electron chi connectivity index (χ1n) is 8.83. The Morgan fingerprint density at radius 3 is 2.67 bits per heavy atom. The van der Waals surface area contributed by atoms with E-state index in [0.717, 1.165) is 6.04 Å². The lowest BCUT2D eigenvalue weighted by Crippen LogP contribution is -2.53. The molecule has 2 unspecified atom stereocenters. The average molecular weight is 284 g/mol. The summed E-state index contributed by atoms with van der Waals surface area (Å²) in [4.78, 5) is 5.58. The zero-order chi connectivity index (χ0) is 14.3. The minimum absolute atomic E-state index is 0.615. The van der Waals surface area contributed by atoms with Crippen LogP contribution in [0.4, 0.5) is 0 Å². The van der Waals surface area contributed by atoms with E-state index in [1.165, 1.54) is 63.8 Å². The first-order valence-corrected chi connectivity index (χ1v) is 8.83. The molecule has 2 saturated heterocycles. The van der Waals surface area contributed by atoms with Crippen LogP contribution in [0.1, 0.15) is 50.6 Å². The molecule has 1 saturated carbocycles. The van der Waals surface area contributed by atoms with E-state index in [1.54, 1.807) is 0 Å². The zero-order valence-electron chi connectivity index (χ0n) is 13.3. The van der Waals surface area contributed by atoms with Crippen LogP contribution in [0, 0.1) is 5.41 Å². The monoisotopic (exact) mass is 284 g/mol. The van der Waals surface area contributed by atoms with Crippen molar-refractivity contribution in [2.75, 3.05) is 26.2 Å². The smallest absolute Gasteiger partial charge is 0.0476 e. The van der Waals surface area contributed by atoms with Gasteiger partial charge in [0.1, 0.15) is 0 Å². The van der Waals surface area contributed by atoms with Gasteiger partial charge in [-0.05, 0) is 49.6 Å². The summed E-state index contributed by atoms with van der Waals surface area (Å²) in [7, 11) is 0. The van der Waals surface area contributed by atoms with Crippen molar-refractivity contribution < 1.29 is 0 Å². The molecule has 0 spiro atoms. The Morgan fingerprint density at radius 1 is 1.14 bits per heavy atom. The summed E-state index contributed by atoms with van der Waals surface area (Å²) in [5, 5.41) is 0. The molecule has 4 rings (SSSR count). The topological polar surface area (TPSA) is 6.48 Å². The minimum atomic E-state index is 0.615. The summed E-state index contributed by atoms with van der Waals surface area (Å²) >= 11 is 0. The molecule has 2 nitrogen and oxygen atoms in total. The molecule has 2 atom stereocenters. The average Bonchev–Trinajstić information content (AvgIpc) is 3.15. The number of fused-ring (bicyclic) bond motifs is 1. The Bertz CT molecular complexity index is 480. The Balaban J connectivity index is 1.57. The van der Waals surface area contributed by atoms with E-state index in [-0.39, 0.29) is 0 Å². The lowest BCUT2D eigenvalue weighted by Gasteiger charge is -2.45. The molecule has 21 heavy (non-hydrogen) atoms. The van der Waals surface area contributed by atoms with Gasteiger partial charge in [0.15, 0.2) is 0 Å². The number of benzene rings is 1. The van der Waals surface area contributed by atoms with Crippen LogP contribution in [0.2, 0.25) is 0 Å². The van der Waals surface area contributed by atoms with Gasteiger partial charge in [-0.3, -0.25) is 9.80 Å². The second-order valence-electron chi connectivity index (χ2n) is 7.50. The van der Waals surface area contributed by atoms with Crippen molar-refractivity contribution in [1.29, 1.82) is 0 Å². The molecule has 3 aliphatic rings. The molecule has 2 aliphatic heterocycles. The van der Waals surface area contributed by atoms with Crippen molar-refractivity contribution in [3.63, 3.8) is 0 Å². The van der Waals surface area contributed by atoms with Gasteiger partial charge >= 0.3 is 0 Å². The summed E-state index contributed by atoms with van der Waals surface area (Å²) < 4.78 is 0. The van der Waals surface area contributed by atoms with Gasteiger partial charge in [-0.1, -0.05) is 37.3 Å². The van der Waals surface area contributed by atoms with Crippen LogP contribution in [0.15, 0.2) is 30.3 Å². The fourth-order valence-electron chi connectivity index (χ4n) is 4.48. The summed E-state index contributed by atoms with van der Waals surface area (Å²) in [5.41, 5.74) is 2.18. The summed E-state index contributed by atoms with van der Waals surface area (Å²) in [6.45, 7) is 7.57. The van der Waals surface area contributed by atoms with Crippen LogP contribution < -0.4 is 0 Å². The molecular weight excluding hydrogens is 256 g/mol. The summed E-state index contributed by atoms with van der Waals surface area (Å²) in [6.07, 6.45) is 7.08. The van der Waals surface area contributed by atoms with Gasteiger partial charge in [0.25, 0.3) is 0 Å². The van der Waals surface area contributed by atoms with Gasteiger partial charge in [0, 0.05) is 31.7 Å². The van der Waals surface area contributed by atoms with Gasteiger partial charge < -0.3 is 0 Å². The molecule has 2 heteroatoms. The second-order valence-corrected chi connectivity index (χ2v) is 7.50. The number of piperazine rings is 1. The number of rotatable bonds is 4. The third-order valence-corrected chi connectivity index (χ3v) is 6.22. The Morgan fingerprint density at radius 2 is 1.95 bits per heavy atom. The van der Waals surface area contributed by atoms with Gasteiger partial charge in [-0.25, -0.2) is 0 Å². The normalized spacial score (nSPS) is 32.0. The third kappa shape index (κ3) is 2.64. The molecule has 0 radical (unpaired) electrons. The van der Waals surface area contributed by atoms with E-state index in [0.29, 0.717) is 11.5 Å². The Kier molecular flexibility index (Phi) is 3.55. The van der Waals surface area contributed by atoms with Crippen molar-refractivity contribution in [2.45, 2.75) is 51.1 Å². The predicted octanol–water partition coefficient (Wildman–Crippen LogP) is 3.70. The van der Waals surface area contributed by atoms with E-state index in [2.05, 4.69) is 47.1 Å². The summed E-state index contributed by atoms with van der Waals surface area (Å²) in [6, 6.07) is 12.7. The third-order valence-electron chi connectivity index (χ3n) is 6.22. The van der Waals surface area contributed by atoms with Gasteiger partial charge in [-0.15, -0.1) is 0 Å². The van der Waals surface area contributed by atoms with Crippen LogP contribution in [0.5, 0.6) is 0 Å². The van der Waals surface area contributed by atoms with Crippen molar-refractivity contribution in [2.24, 2.45) is 5.41 Å². The molecule has 1 aromatic carbocycles. The van der Waals surface area contributed by atoms with E-state index < -0.39 is 0 Å².